The molecule has 0 aliphatic heterocycles. The lowest BCUT2D eigenvalue weighted by atomic mass is 10.1. The second-order valence-electron chi connectivity index (χ2n) is 3.76. The van der Waals surface area contributed by atoms with Crippen LogP contribution in [0.2, 0.25) is 0 Å². The number of hydrogen-bond acceptors (Lipinski definition) is 4. The Kier molecular flexibility index (Phi) is 3.18. The zero-order chi connectivity index (χ0) is 12.3. The monoisotopic (exact) mass is 232 g/mol. The molecule has 0 aliphatic carbocycles. The molecule has 0 atom stereocenters. The van der Waals surface area contributed by atoms with Gasteiger partial charge in [0, 0.05) is 12.0 Å². The second kappa shape index (κ2) is 4.78. The standard InChI is InChI=1S/C12H12N2O3/c1-8-2-4-9(5-3-8)12-14-13-10(17-12)6-7-11(15)16/h2-5H,6-7H2,1H3,(H,15,16). The van der Waals surface area contributed by atoms with Gasteiger partial charge in [-0.1, -0.05) is 17.7 Å². The zero-order valence-corrected chi connectivity index (χ0v) is 9.38. The lowest BCUT2D eigenvalue weighted by molar-refractivity contribution is -0.137. The molecule has 2 rings (SSSR count). The van der Waals surface area contributed by atoms with Crippen molar-refractivity contribution in [2.45, 2.75) is 19.8 Å². The number of carboxylic acid groups (broad SMARTS) is 1. The molecule has 0 amide bonds. The highest BCUT2D eigenvalue weighted by Crippen LogP contribution is 2.18. The van der Waals surface area contributed by atoms with Crippen molar-refractivity contribution in [3.05, 3.63) is 35.7 Å². The van der Waals surface area contributed by atoms with Gasteiger partial charge in [-0.05, 0) is 19.1 Å². The summed E-state index contributed by atoms with van der Waals surface area (Å²) in [5.74, 6) is -0.103. The van der Waals surface area contributed by atoms with Crippen LogP contribution in [0.3, 0.4) is 0 Å². The minimum absolute atomic E-state index is 0.00443. The van der Waals surface area contributed by atoms with Crippen LogP contribution in [0.25, 0.3) is 11.5 Å². The average molecular weight is 232 g/mol. The van der Waals surface area contributed by atoms with Gasteiger partial charge in [0.25, 0.3) is 0 Å². The van der Waals surface area contributed by atoms with E-state index in [1.807, 2.05) is 31.2 Å². The number of aromatic nitrogens is 2. The SMILES string of the molecule is Cc1ccc(-c2nnc(CCC(=O)O)o2)cc1. The van der Waals surface area contributed by atoms with Gasteiger partial charge in [-0.3, -0.25) is 4.79 Å². The summed E-state index contributed by atoms with van der Waals surface area (Å²) in [5, 5.41) is 16.2. The van der Waals surface area contributed by atoms with Gasteiger partial charge in [-0.15, -0.1) is 10.2 Å². The van der Waals surface area contributed by atoms with Crippen molar-refractivity contribution in [2.24, 2.45) is 0 Å². The Labute approximate surface area is 98.1 Å². The fraction of sp³-hybridized carbons (Fsp3) is 0.250. The number of aliphatic carboxylic acids is 1. The van der Waals surface area contributed by atoms with Crippen LogP contribution >= 0.6 is 0 Å². The molecule has 0 saturated heterocycles. The normalized spacial score (nSPS) is 10.4. The first-order chi connectivity index (χ1) is 8.15. The highest BCUT2D eigenvalue weighted by molar-refractivity contribution is 5.66. The van der Waals surface area contributed by atoms with E-state index in [1.165, 1.54) is 0 Å². The summed E-state index contributed by atoms with van der Waals surface area (Å²) in [4.78, 5) is 10.4. The van der Waals surface area contributed by atoms with Crippen molar-refractivity contribution >= 4 is 5.97 Å². The van der Waals surface area contributed by atoms with Crippen molar-refractivity contribution in [3.8, 4) is 11.5 Å². The van der Waals surface area contributed by atoms with E-state index in [9.17, 15) is 4.79 Å². The first-order valence-corrected chi connectivity index (χ1v) is 5.26. The molecule has 17 heavy (non-hydrogen) atoms. The fourth-order valence-electron chi connectivity index (χ4n) is 1.38. The summed E-state index contributed by atoms with van der Waals surface area (Å²) in [6, 6.07) is 7.69. The Balaban J connectivity index is 2.12. The maximum atomic E-state index is 10.4. The molecular formula is C12H12N2O3. The van der Waals surface area contributed by atoms with Gasteiger partial charge in [0.1, 0.15) is 0 Å². The molecule has 0 unspecified atom stereocenters. The fourth-order valence-corrected chi connectivity index (χ4v) is 1.38. The average Bonchev–Trinajstić information content (AvgIpc) is 2.76. The van der Waals surface area contributed by atoms with Gasteiger partial charge in [-0.25, -0.2) is 0 Å². The molecule has 88 valence electrons. The van der Waals surface area contributed by atoms with Crippen molar-refractivity contribution < 1.29 is 14.3 Å². The summed E-state index contributed by atoms with van der Waals surface area (Å²) < 4.78 is 5.37. The molecule has 1 heterocycles. The van der Waals surface area contributed by atoms with E-state index in [1.54, 1.807) is 0 Å². The molecular weight excluding hydrogens is 220 g/mol. The van der Waals surface area contributed by atoms with Gasteiger partial charge in [0.15, 0.2) is 0 Å². The first kappa shape index (κ1) is 11.3. The summed E-state index contributed by atoms with van der Waals surface area (Å²) >= 11 is 0. The Morgan fingerprint density at radius 1 is 1.29 bits per heavy atom. The molecule has 2 aromatic rings. The van der Waals surface area contributed by atoms with E-state index in [0.29, 0.717) is 11.8 Å². The topological polar surface area (TPSA) is 76.2 Å². The van der Waals surface area contributed by atoms with E-state index in [-0.39, 0.29) is 12.8 Å². The number of benzene rings is 1. The predicted octanol–water partition coefficient (Wildman–Crippen LogP) is 2.06. The highest BCUT2D eigenvalue weighted by atomic mass is 16.4. The number of carbonyl (C=O) groups is 1. The Morgan fingerprint density at radius 2 is 2.00 bits per heavy atom. The van der Waals surface area contributed by atoms with Crippen molar-refractivity contribution in [1.29, 1.82) is 0 Å². The lowest BCUT2D eigenvalue weighted by Crippen LogP contribution is -1.97. The van der Waals surface area contributed by atoms with Crippen LogP contribution in [0.15, 0.2) is 28.7 Å². The van der Waals surface area contributed by atoms with Crippen LogP contribution in [0, 0.1) is 6.92 Å². The lowest BCUT2D eigenvalue weighted by Gasteiger charge is -1.95. The molecule has 0 bridgehead atoms. The Morgan fingerprint density at radius 3 is 2.65 bits per heavy atom. The van der Waals surface area contributed by atoms with E-state index in [0.717, 1.165) is 11.1 Å². The summed E-state index contributed by atoms with van der Waals surface area (Å²) in [7, 11) is 0. The Bertz CT molecular complexity index is 517. The summed E-state index contributed by atoms with van der Waals surface area (Å²) in [6.07, 6.45) is 0.254. The van der Waals surface area contributed by atoms with Crippen LogP contribution < -0.4 is 0 Å². The zero-order valence-electron chi connectivity index (χ0n) is 9.38. The molecule has 0 aliphatic rings. The third-order valence-corrected chi connectivity index (χ3v) is 2.32. The first-order valence-electron chi connectivity index (χ1n) is 5.26. The van der Waals surface area contributed by atoms with Crippen molar-refractivity contribution in [1.82, 2.24) is 10.2 Å². The molecule has 0 saturated carbocycles. The van der Waals surface area contributed by atoms with Crippen LogP contribution in [0.5, 0.6) is 0 Å². The van der Waals surface area contributed by atoms with Crippen LogP contribution in [0.4, 0.5) is 0 Å². The van der Waals surface area contributed by atoms with Crippen LogP contribution in [-0.2, 0) is 11.2 Å². The number of aryl methyl sites for hydroxylation is 2. The van der Waals surface area contributed by atoms with Crippen molar-refractivity contribution in [2.75, 3.05) is 0 Å². The quantitative estimate of drug-likeness (QED) is 0.873. The summed E-state index contributed by atoms with van der Waals surface area (Å²) in [5.41, 5.74) is 1.99. The van der Waals surface area contributed by atoms with E-state index >= 15 is 0 Å². The second-order valence-corrected chi connectivity index (χ2v) is 3.76. The smallest absolute Gasteiger partial charge is 0.303 e. The molecule has 1 aromatic carbocycles. The van der Waals surface area contributed by atoms with Gasteiger partial charge in [-0.2, -0.15) is 0 Å². The van der Waals surface area contributed by atoms with E-state index in [4.69, 9.17) is 9.52 Å². The number of nitrogens with zero attached hydrogens (tertiary/aromatic N) is 2. The number of hydrogen-bond donors (Lipinski definition) is 1. The molecule has 1 aromatic heterocycles. The summed E-state index contributed by atoms with van der Waals surface area (Å²) in [6.45, 7) is 2.00. The van der Waals surface area contributed by atoms with Gasteiger partial charge >= 0.3 is 5.97 Å². The minimum Gasteiger partial charge on any atom is -0.481 e. The molecule has 0 spiro atoms. The molecule has 5 nitrogen and oxygen atoms in total. The molecule has 1 N–H and O–H groups in total. The van der Waals surface area contributed by atoms with Crippen LogP contribution in [0.1, 0.15) is 17.9 Å². The largest absolute Gasteiger partial charge is 0.481 e. The Hall–Kier alpha value is -2.17. The van der Waals surface area contributed by atoms with Gasteiger partial charge in [0.05, 0.1) is 6.42 Å². The maximum Gasteiger partial charge on any atom is 0.303 e. The third kappa shape index (κ3) is 2.90. The van der Waals surface area contributed by atoms with Crippen LogP contribution in [-0.4, -0.2) is 21.3 Å². The molecule has 0 fully saturated rings. The number of rotatable bonds is 4. The van der Waals surface area contributed by atoms with E-state index < -0.39 is 5.97 Å². The van der Waals surface area contributed by atoms with Crippen molar-refractivity contribution in [3.63, 3.8) is 0 Å². The van der Waals surface area contributed by atoms with Gasteiger partial charge in [0.2, 0.25) is 11.8 Å². The molecule has 5 heteroatoms. The number of carboxylic acids is 1. The highest BCUT2D eigenvalue weighted by Gasteiger charge is 2.09. The van der Waals surface area contributed by atoms with Gasteiger partial charge < -0.3 is 9.52 Å². The predicted molar refractivity (Wildman–Crippen MR) is 60.4 cm³/mol. The molecule has 0 radical (unpaired) electrons. The minimum atomic E-state index is -0.875. The van der Waals surface area contributed by atoms with E-state index in [2.05, 4.69) is 10.2 Å². The third-order valence-electron chi connectivity index (χ3n) is 2.32. The maximum absolute atomic E-state index is 10.4.